The number of benzene rings is 2. The quantitative estimate of drug-likeness (QED) is 0.750. The molecule has 2 aromatic carbocycles. The molecule has 0 fully saturated rings. The molecule has 1 amide bonds. The number of amides is 1. The standard InChI is InChI=1S/C20H26N2O4S/c1-5-22(6-2)27(24,25)18-11-8-10-17(13-18)21-20(23)14-26-19-12-7-9-15(3)16(19)4/h7-13H,5-6,14H2,1-4H3,(H,21,23). The number of ether oxygens (including phenoxy) is 1. The topological polar surface area (TPSA) is 75.7 Å². The fourth-order valence-electron chi connectivity index (χ4n) is 2.67. The molecule has 0 aliphatic rings. The normalized spacial score (nSPS) is 11.4. The number of carbonyl (C=O) groups excluding carboxylic acids is 1. The van der Waals surface area contributed by atoms with Gasteiger partial charge in [0.05, 0.1) is 4.90 Å². The molecule has 0 unspecified atom stereocenters. The molecule has 0 saturated carbocycles. The summed E-state index contributed by atoms with van der Waals surface area (Å²) in [4.78, 5) is 12.3. The first kappa shape index (κ1) is 20.9. The van der Waals surface area contributed by atoms with Gasteiger partial charge in [-0.15, -0.1) is 0 Å². The van der Waals surface area contributed by atoms with E-state index in [2.05, 4.69) is 5.32 Å². The average molecular weight is 391 g/mol. The van der Waals surface area contributed by atoms with E-state index < -0.39 is 10.0 Å². The van der Waals surface area contributed by atoms with Crippen LogP contribution in [0.15, 0.2) is 47.4 Å². The third-order valence-electron chi connectivity index (χ3n) is 4.37. The molecule has 0 saturated heterocycles. The van der Waals surface area contributed by atoms with Crippen molar-refractivity contribution in [1.29, 1.82) is 0 Å². The van der Waals surface area contributed by atoms with Crippen molar-refractivity contribution >= 4 is 21.6 Å². The molecule has 0 bridgehead atoms. The Kier molecular flexibility index (Phi) is 6.98. The van der Waals surface area contributed by atoms with Gasteiger partial charge in [0.1, 0.15) is 5.75 Å². The van der Waals surface area contributed by atoms with E-state index in [1.54, 1.807) is 26.0 Å². The van der Waals surface area contributed by atoms with E-state index in [4.69, 9.17) is 4.74 Å². The minimum atomic E-state index is -3.57. The monoisotopic (exact) mass is 390 g/mol. The number of rotatable bonds is 8. The first-order valence-electron chi connectivity index (χ1n) is 8.88. The van der Waals surface area contributed by atoms with Gasteiger partial charge < -0.3 is 10.1 Å². The Hall–Kier alpha value is -2.38. The number of nitrogens with zero attached hydrogens (tertiary/aromatic N) is 1. The molecule has 27 heavy (non-hydrogen) atoms. The van der Waals surface area contributed by atoms with Gasteiger partial charge in [-0.05, 0) is 49.2 Å². The van der Waals surface area contributed by atoms with Gasteiger partial charge >= 0.3 is 0 Å². The second kappa shape index (κ2) is 9.01. The minimum absolute atomic E-state index is 0.152. The number of carbonyl (C=O) groups is 1. The molecule has 7 heteroatoms. The molecule has 0 aromatic heterocycles. The van der Waals surface area contributed by atoms with Gasteiger partial charge in [0.2, 0.25) is 10.0 Å². The number of sulfonamides is 1. The van der Waals surface area contributed by atoms with E-state index in [0.717, 1.165) is 11.1 Å². The summed E-state index contributed by atoms with van der Waals surface area (Å²) in [6.07, 6.45) is 0. The van der Waals surface area contributed by atoms with Gasteiger partial charge in [-0.25, -0.2) is 8.42 Å². The maximum atomic E-state index is 12.6. The fraction of sp³-hybridized carbons (Fsp3) is 0.350. The van der Waals surface area contributed by atoms with E-state index >= 15 is 0 Å². The van der Waals surface area contributed by atoms with Gasteiger partial charge in [0, 0.05) is 18.8 Å². The molecule has 146 valence electrons. The minimum Gasteiger partial charge on any atom is -0.483 e. The fourth-order valence-corrected chi connectivity index (χ4v) is 4.17. The highest BCUT2D eigenvalue weighted by Crippen LogP contribution is 2.21. The van der Waals surface area contributed by atoms with Crippen LogP contribution in [0.4, 0.5) is 5.69 Å². The Morgan fingerprint density at radius 3 is 2.41 bits per heavy atom. The Bertz CT molecular complexity index is 906. The van der Waals surface area contributed by atoms with Crippen LogP contribution in [0.3, 0.4) is 0 Å². The summed E-state index contributed by atoms with van der Waals surface area (Å²) in [7, 11) is -3.57. The van der Waals surface area contributed by atoms with Crippen LogP contribution in [-0.2, 0) is 14.8 Å². The highest BCUT2D eigenvalue weighted by molar-refractivity contribution is 7.89. The van der Waals surface area contributed by atoms with Crippen LogP contribution in [0.25, 0.3) is 0 Å². The van der Waals surface area contributed by atoms with Crippen LogP contribution in [0.2, 0.25) is 0 Å². The molecule has 2 aromatic rings. The predicted molar refractivity (Wildman–Crippen MR) is 107 cm³/mol. The third kappa shape index (κ3) is 5.08. The molecule has 0 radical (unpaired) electrons. The molecule has 1 N–H and O–H groups in total. The van der Waals surface area contributed by atoms with Crippen LogP contribution in [0, 0.1) is 13.8 Å². The van der Waals surface area contributed by atoms with Crippen molar-refractivity contribution in [3.05, 3.63) is 53.6 Å². The van der Waals surface area contributed by atoms with Crippen LogP contribution in [0.1, 0.15) is 25.0 Å². The zero-order valence-electron chi connectivity index (χ0n) is 16.2. The molecule has 6 nitrogen and oxygen atoms in total. The van der Waals surface area contributed by atoms with Crippen molar-refractivity contribution in [3.63, 3.8) is 0 Å². The Balaban J connectivity index is 2.07. The van der Waals surface area contributed by atoms with Crippen LogP contribution in [0.5, 0.6) is 5.75 Å². The van der Waals surface area contributed by atoms with Crippen molar-refractivity contribution in [2.45, 2.75) is 32.6 Å². The van der Waals surface area contributed by atoms with Gasteiger partial charge in [-0.2, -0.15) is 4.31 Å². The van der Waals surface area contributed by atoms with Gasteiger partial charge in [-0.1, -0.05) is 32.0 Å². The van der Waals surface area contributed by atoms with Crippen molar-refractivity contribution in [2.24, 2.45) is 0 Å². The lowest BCUT2D eigenvalue weighted by Crippen LogP contribution is -2.30. The summed E-state index contributed by atoms with van der Waals surface area (Å²) in [5, 5.41) is 2.69. The van der Waals surface area contributed by atoms with E-state index in [9.17, 15) is 13.2 Å². The lowest BCUT2D eigenvalue weighted by atomic mass is 10.1. The predicted octanol–water partition coefficient (Wildman–Crippen LogP) is 3.35. The zero-order chi connectivity index (χ0) is 20.0. The van der Waals surface area contributed by atoms with Gasteiger partial charge in [-0.3, -0.25) is 4.79 Å². The highest BCUT2D eigenvalue weighted by atomic mass is 32.2. The summed E-state index contributed by atoms with van der Waals surface area (Å²) in [5.74, 6) is 0.302. The van der Waals surface area contributed by atoms with Gasteiger partial charge in [0.25, 0.3) is 5.91 Å². The van der Waals surface area contributed by atoms with E-state index in [1.165, 1.54) is 16.4 Å². The van der Waals surface area contributed by atoms with Crippen LogP contribution >= 0.6 is 0 Å². The lowest BCUT2D eigenvalue weighted by Gasteiger charge is -2.19. The van der Waals surface area contributed by atoms with Crippen molar-refractivity contribution in [1.82, 2.24) is 4.31 Å². The summed E-state index contributed by atoms with van der Waals surface area (Å²) in [5.41, 5.74) is 2.48. The first-order valence-corrected chi connectivity index (χ1v) is 10.3. The Morgan fingerprint density at radius 2 is 1.74 bits per heavy atom. The molecule has 0 spiro atoms. The molecule has 0 atom stereocenters. The number of hydrogen-bond acceptors (Lipinski definition) is 4. The molecule has 0 heterocycles. The summed E-state index contributed by atoms with van der Waals surface area (Å²) in [6, 6.07) is 11.9. The molecule has 0 aliphatic heterocycles. The largest absolute Gasteiger partial charge is 0.483 e. The summed E-state index contributed by atoms with van der Waals surface area (Å²) >= 11 is 0. The van der Waals surface area contributed by atoms with Crippen LogP contribution < -0.4 is 10.1 Å². The lowest BCUT2D eigenvalue weighted by molar-refractivity contribution is -0.118. The number of hydrogen-bond donors (Lipinski definition) is 1. The maximum Gasteiger partial charge on any atom is 0.262 e. The van der Waals surface area contributed by atoms with Gasteiger partial charge in [0.15, 0.2) is 6.61 Å². The van der Waals surface area contributed by atoms with Crippen molar-refractivity contribution < 1.29 is 17.9 Å². The van der Waals surface area contributed by atoms with Crippen molar-refractivity contribution in [2.75, 3.05) is 25.0 Å². The Morgan fingerprint density at radius 1 is 1.07 bits per heavy atom. The smallest absolute Gasteiger partial charge is 0.262 e. The van der Waals surface area contributed by atoms with Crippen molar-refractivity contribution in [3.8, 4) is 5.75 Å². The SMILES string of the molecule is CCN(CC)S(=O)(=O)c1cccc(NC(=O)COc2cccc(C)c2C)c1. The number of aryl methyl sites for hydroxylation is 1. The molecule has 0 aliphatic carbocycles. The second-order valence-corrected chi connectivity index (χ2v) is 8.09. The zero-order valence-corrected chi connectivity index (χ0v) is 17.0. The average Bonchev–Trinajstić information content (AvgIpc) is 2.64. The first-order chi connectivity index (χ1) is 12.8. The second-order valence-electron chi connectivity index (χ2n) is 6.15. The molecular formula is C20H26N2O4S. The number of nitrogens with one attached hydrogen (secondary N) is 1. The molecular weight excluding hydrogens is 364 g/mol. The van der Waals surface area contributed by atoms with E-state index in [-0.39, 0.29) is 17.4 Å². The third-order valence-corrected chi connectivity index (χ3v) is 6.42. The Labute approximate surface area is 161 Å². The van der Waals surface area contributed by atoms with E-state index in [1.807, 2.05) is 32.0 Å². The number of anilines is 1. The van der Waals surface area contributed by atoms with Crippen LogP contribution in [-0.4, -0.2) is 38.3 Å². The molecule has 2 rings (SSSR count). The van der Waals surface area contributed by atoms with E-state index in [0.29, 0.717) is 24.5 Å². The summed E-state index contributed by atoms with van der Waals surface area (Å²) in [6.45, 7) is 8.11. The highest BCUT2D eigenvalue weighted by Gasteiger charge is 2.21. The maximum absolute atomic E-state index is 12.6. The summed E-state index contributed by atoms with van der Waals surface area (Å²) < 4.78 is 32.2.